The number of benzene rings is 2. The highest BCUT2D eigenvalue weighted by molar-refractivity contribution is 7.85. The van der Waals surface area contributed by atoms with Crippen LogP contribution in [0, 0.1) is 0 Å². The number of hydrogen-bond acceptors (Lipinski definition) is 6. The predicted octanol–water partition coefficient (Wildman–Crippen LogP) is 4.85. The summed E-state index contributed by atoms with van der Waals surface area (Å²) < 4.78 is 39.7. The van der Waals surface area contributed by atoms with Crippen LogP contribution in [-0.2, 0) is 10.1 Å². The third-order valence-electron chi connectivity index (χ3n) is 6.55. The topological polar surface area (TPSA) is 73.3 Å². The van der Waals surface area contributed by atoms with Gasteiger partial charge >= 0.3 is 0 Å². The van der Waals surface area contributed by atoms with Gasteiger partial charge < -0.3 is 14.5 Å². The minimum absolute atomic E-state index is 0.0686. The average molecular weight is 472 g/mol. The van der Waals surface area contributed by atoms with Crippen molar-refractivity contribution < 1.29 is 17.7 Å². The number of likely N-dealkylation sites (N-methyl/N-ethyl adjacent to an activating group) is 2. The van der Waals surface area contributed by atoms with E-state index < -0.39 is 10.1 Å². The van der Waals surface area contributed by atoms with Crippen molar-refractivity contribution >= 4 is 21.5 Å². The third kappa shape index (κ3) is 4.74. The minimum atomic E-state index is -4.13. The van der Waals surface area contributed by atoms with Gasteiger partial charge in [0.25, 0.3) is 10.1 Å². The van der Waals surface area contributed by atoms with E-state index in [2.05, 4.69) is 41.5 Å². The molecule has 8 heteroatoms. The molecule has 1 N–H and O–H groups in total. The van der Waals surface area contributed by atoms with Crippen molar-refractivity contribution in [2.75, 3.05) is 30.3 Å². The highest BCUT2D eigenvalue weighted by atomic mass is 32.2. The lowest BCUT2D eigenvalue weighted by Gasteiger charge is -2.52. The zero-order valence-electron chi connectivity index (χ0n) is 19.5. The predicted molar refractivity (Wildman–Crippen MR) is 132 cm³/mol. The maximum Gasteiger partial charge on any atom is 0.264 e. The van der Waals surface area contributed by atoms with Gasteiger partial charge in [0, 0.05) is 18.8 Å². The van der Waals surface area contributed by atoms with Crippen LogP contribution in [0.1, 0.15) is 33.6 Å². The normalized spacial score (nSPS) is 19.4. The summed E-state index contributed by atoms with van der Waals surface area (Å²) in [5.41, 5.74) is 3.06. The molecule has 2 unspecified atom stereocenters. The number of hydrogen-bond donors (Lipinski definition) is 1. The Morgan fingerprint density at radius 1 is 1.00 bits per heavy atom. The number of allylic oxidation sites excluding steroid dienone is 1. The summed E-state index contributed by atoms with van der Waals surface area (Å²) in [6, 6.07) is 15.5. The number of ether oxygens (including phenoxy) is 1. The van der Waals surface area contributed by atoms with Crippen LogP contribution in [0.25, 0.3) is 0 Å². The first-order chi connectivity index (χ1) is 15.9. The van der Waals surface area contributed by atoms with E-state index in [1.54, 1.807) is 0 Å². The van der Waals surface area contributed by atoms with Crippen LogP contribution in [0.3, 0.4) is 0 Å². The summed E-state index contributed by atoms with van der Waals surface area (Å²) in [4.78, 5) is 6.97. The lowest BCUT2D eigenvalue weighted by Crippen LogP contribution is -2.61. The van der Waals surface area contributed by atoms with Crippen molar-refractivity contribution in [1.29, 1.82) is 0 Å². The molecule has 2 aromatic carbocycles. The molecule has 2 aliphatic heterocycles. The molecule has 2 atom stereocenters. The number of nitrogens with zero attached hydrogens (tertiary/aromatic N) is 3. The lowest BCUT2D eigenvalue weighted by molar-refractivity contribution is 0.0447. The van der Waals surface area contributed by atoms with Crippen LogP contribution in [0.2, 0.25) is 0 Å². The first-order valence-corrected chi connectivity index (χ1v) is 13.3. The first-order valence-electron chi connectivity index (χ1n) is 11.7. The Hall–Kier alpha value is -2.55. The number of anilines is 2. The Kier molecular flexibility index (Phi) is 6.97. The molecule has 0 saturated heterocycles. The van der Waals surface area contributed by atoms with Crippen LogP contribution in [0.15, 0.2) is 60.3 Å². The van der Waals surface area contributed by atoms with Gasteiger partial charge in [-0.25, -0.2) is 0 Å². The van der Waals surface area contributed by atoms with Crippen LogP contribution in [0.4, 0.5) is 11.4 Å². The molecule has 0 spiro atoms. The number of rotatable bonds is 8. The standard InChI is InChI=1S/C25H33N3O4S/c1-4-19-15-17-26(5-2)25(27(19)6-3)22(16-18-33(29,30)31)28-20-11-7-9-13-23(20)32-24-14-10-8-12-21(24)28/h7-15,22,25H,4-6,16-18H2,1-3H3,(H,29,30,31). The highest BCUT2D eigenvalue weighted by Crippen LogP contribution is 2.49. The molecule has 7 nitrogen and oxygen atoms in total. The first kappa shape index (κ1) is 23.6. The molecular formula is C25H33N3O4S. The van der Waals surface area contributed by atoms with Gasteiger partial charge in [-0.05, 0) is 50.6 Å². The van der Waals surface area contributed by atoms with E-state index in [4.69, 9.17) is 4.74 Å². The minimum Gasteiger partial charge on any atom is -0.453 e. The fourth-order valence-electron chi connectivity index (χ4n) is 5.09. The fraction of sp³-hybridized carbons (Fsp3) is 0.440. The number of fused-ring (bicyclic) bond motifs is 2. The van der Waals surface area contributed by atoms with Crippen LogP contribution in [-0.4, -0.2) is 60.4 Å². The molecule has 0 aromatic heterocycles. The van der Waals surface area contributed by atoms with Crippen molar-refractivity contribution in [3.63, 3.8) is 0 Å². The summed E-state index contributed by atoms with van der Waals surface area (Å²) >= 11 is 0. The molecule has 178 valence electrons. The van der Waals surface area contributed by atoms with Gasteiger partial charge in [0.15, 0.2) is 11.5 Å². The quantitative estimate of drug-likeness (QED) is 0.552. The molecule has 0 bridgehead atoms. The Morgan fingerprint density at radius 2 is 1.61 bits per heavy atom. The van der Waals surface area contributed by atoms with Gasteiger partial charge in [-0.3, -0.25) is 9.45 Å². The maximum absolute atomic E-state index is 11.9. The van der Waals surface area contributed by atoms with E-state index in [1.165, 1.54) is 5.70 Å². The Balaban J connectivity index is 1.89. The van der Waals surface area contributed by atoms with Crippen molar-refractivity contribution in [3.8, 4) is 11.5 Å². The van der Waals surface area contributed by atoms with E-state index >= 15 is 0 Å². The molecule has 2 heterocycles. The Morgan fingerprint density at radius 3 is 2.12 bits per heavy atom. The Labute approximate surface area is 197 Å². The average Bonchev–Trinajstić information content (AvgIpc) is 2.82. The maximum atomic E-state index is 11.9. The molecule has 4 rings (SSSR count). The third-order valence-corrected chi connectivity index (χ3v) is 7.30. The van der Waals surface area contributed by atoms with Crippen molar-refractivity contribution in [2.45, 2.75) is 45.8 Å². The summed E-state index contributed by atoms with van der Waals surface area (Å²) in [6.45, 7) is 8.85. The van der Waals surface area contributed by atoms with Gasteiger partial charge in [0.05, 0.1) is 23.2 Å². The second-order valence-corrected chi connectivity index (χ2v) is 9.96. The molecule has 0 saturated carbocycles. The fourth-order valence-corrected chi connectivity index (χ4v) is 5.63. The van der Waals surface area contributed by atoms with Gasteiger partial charge in [0.2, 0.25) is 0 Å². The second kappa shape index (κ2) is 9.75. The van der Waals surface area contributed by atoms with Crippen LogP contribution < -0.4 is 9.64 Å². The van der Waals surface area contributed by atoms with Crippen LogP contribution >= 0.6 is 0 Å². The molecule has 0 fully saturated rings. The van der Waals surface area contributed by atoms with E-state index in [-0.39, 0.29) is 24.4 Å². The van der Waals surface area contributed by atoms with Crippen molar-refractivity contribution in [1.82, 2.24) is 9.80 Å². The van der Waals surface area contributed by atoms with E-state index in [0.717, 1.165) is 48.9 Å². The van der Waals surface area contributed by atoms with Gasteiger partial charge in [0.1, 0.15) is 6.17 Å². The lowest BCUT2D eigenvalue weighted by atomic mass is 9.99. The van der Waals surface area contributed by atoms with E-state index in [0.29, 0.717) is 0 Å². The summed E-state index contributed by atoms with van der Waals surface area (Å²) in [5.74, 6) is 1.17. The molecule has 2 aliphatic rings. The summed E-state index contributed by atoms with van der Waals surface area (Å²) in [7, 11) is -4.13. The van der Waals surface area contributed by atoms with Gasteiger partial charge in [-0.2, -0.15) is 8.42 Å². The molecule has 2 aromatic rings. The monoisotopic (exact) mass is 471 g/mol. The molecule has 33 heavy (non-hydrogen) atoms. The molecule has 0 radical (unpaired) electrons. The zero-order chi connectivity index (χ0) is 23.6. The van der Waals surface area contributed by atoms with Gasteiger partial charge in [-0.1, -0.05) is 44.2 Å². The largest absolute Gasteiger partial charge is 0.453 e. The van der Waals surface area contributed by atoms with Crippen molar-refractivity contribution in [3.05, 3.63) is 60.3 Å². The molecule has 0 amide bonds. The smallest absolute Gasteiger partial charge is 0.264 e. The second-order valence-electron chi connectivity index (χ2n) is 8.39. The number of para-hydroxylation sites is 4. The zero-order valence-corrected chi connectivity index (χ0v) is 20.3. The van der Waals surface area contributed by atoms with E-state index in [9.17, 15) is 13.0 Å². The SMILES string of the molecule is CCC1=CCN(CC)C(C(CCS(=O)(=O)O)N2c3ccccc3Oc3ccccc32)N1CC. The van der Waals surface area contributed by atoms with E-state index in [1.807, 2.05) is 48.5 Å². The summed E-state index contributed by atoms with van der Waals surface area (Å²) in [6.07, 6.45) is 3.38. The van der Waals surface area contributed by atoms with Crippen LogP contribution in [0.5, 0.6) is 11.5 Å². The van der Waals surface area contributed by atoms with Crippen molar-refractivity contribution in [2.24, 2.45) is 0 Å². The Bertz CT molecular complexity index is 1070. The summed E-state index contributed by atoms with van der Waals surface area (Å²) in [5, 5.41) is 0. The highest BCUT2D eigenvalue weighted by Gasteiger charge is 2.41. The molecular weight excluding hydrogens is 438 g/mol. The molecule has 0 aliphatic carbocycles. The van der Waals surface area contributed by atoms with Gasteiger partial charge in [-0.15, -0.1) is 0 Å².